The molecule has 11 nitrogen and oxygen atoms in total. The first-order valence-corrected chi connectivity index (χ1v) is 9.95. The number of pyridine rings is 2. The molecule has 11 heteroatoms. The van der Waals surface area contributed by atoms with E-state index < -0.39 is 40.0 Å². The molecule has 0 aliphatic rings. The fraction of sp³-hybridized carbons (Fsp3) is 0.130. The molecule has 4 rings (SSSR count). The number of ether oxygens (including phenoxy) is 2. The van der Waals surface area contributed by atoms with Crippen molar-refractivity contribution in [3.05, 3.63) is 80.4 Å². The van der Waals surface area contributed by atoms with Gasteiger partial charge in [0, 0.05) is 23.4 Å². The van der Waals surface area contributed by atoms with Crippen LogP contribution in [0.15, 0.2) is 58.4 Å². The lowest BCUT2D eigenvalue weighted by Gasteiger charge is -2.14. The van der Waals surface area contributed by atoms with Gasteiger partial charge in [-0.1, -0.05) is 0 Å². The van der Waals surface area contributed by atoms with Crippen LogP contribution in [0.4, 0.5) is 0 Å². The first kappa shape index (κ1) is 22.6. The predicted molar refractivity (Wildman–Crippen MR) is 120 cm³/mol. The highest BCUT2D eigenvalue weighted by Crippen LogP contribution is 2.19. The van der Waals surface area contributed by atoms with Crippen molar-refractivity contribution in [2.45, 2.75) is 6.10 Å². The second kappa shape index (κ2) is 9.08. The summed E-state index contributed by atoms with van der Waals surface area (Å²) < 4.78 is 11.0. The van der Waals surface area contributed by atoms with Gasteiger partial charge < -0.3 is 34.8 Å². The number of aromatic nitrogens is 2. The monoisotopic (exact) mass is 466 g/mol. The summed E-state index contributed by atoms with van der Waals surface area (Å²) >= 11 is 0. The third kappa shape index (κ3) is 4.45. The molecule has 5 N–H and O–H groups in total. The summed E-state index contributed by atoms with van der Waals surface area (Å²) in [4.78, 5) is 52.4. The number of H-pyrrole nitrogens is 2. The Bertz CT molecular complexity index is 1420. The van der Waals surface area contributed by atoms with Gasteiger partial charge in [0.15, 0.2) is 0 Å². The Morgan fingerprint density at radius 1 is 0.765 bits per heavy atom. The normalized spacial score (nSPS) is 11.1. The molecule has 0 amide bonds. The Balaban J connectivity index is 1.43. The maximum Gasteiger partial charge on any atom is 0.341 e. The quantitative estimate of drug-likeness (QED) is 0.258. The molecule has 0 radical (unpaired) electrons. The van der Waals surface area contributed by atoms with Gasteiger partial charge in [-0.15, -0.1) is 0 Å². The second-order valence-electron chi connectivity index (χ2n) is 7.36. The van der Waals surface area contributed by atoms with E-state index in [1.165, 1.54) is 12.1 Å². The lowest BCUT2D eigenvalue weighted by molar-refractivity contribution is 0.0627. The van der Waals surface area contributed by atoms with Gasteiger partial charge in [-0.05, 0) is 36.4 Å². The molecule has 2 heterocycles. The van der Waals surface area contributed by atoms with Crippen molar-refractivity contribution < 1.29 is 34.4 Å². The molecule has 0 bridgehead atoms. The molecule has 2 aromatic carbocycles. The first-order chi connectivity index (χ1) is 16.2. The number of aromatic carboxylic acids is 2. The molecule has 0 aliphatic heterocycles. The highest BCUT2D eigenvalue weighted by Gasteiger charge is 2.14. The van der Waals surface area contributed by atoms with Gasteiger partial charge in [0.1, 0.15) is 41.9 Å². The number of hydrogen-bond donors (Lipinski definition) is 5. The summed E-state index contributed by atoms with van der Waals surface area (Å²) in [6.07, 6.45) is 1.16. The zero-order valence-corrected chi connectivity index (χ0v) is 17.4. The fourth-order valence-corrected chi connectivity index (χ4v) is 3.33. The number of carboxylic acids is 2. The van der Waals surface area contributed by atoms with E-state index in [1.54, 1.807) is 24.3 Å². The molecule has 174 valence electrons. The average molecular weight is 466 g/mol. The van der Waals surface area contributed by atoms with E-state index in [4.69, 9.17) is 19.7 Å². The number of aliphatic hydroxyl groups is 1. The highest BCUT2D eigenvalue weighted by atomic mass is 16.5. The Kier molecular flexibility index (Phi) is 6.02. The molecule has 0 aliphatic carbocycles. The third-order valence-corrected chi connectivity index (χ3v) is 5.05. The molecule has 4 aromatic rings. The van der Waals surface area contributed by atoms with Crippen LogP contribution in [0.1, 0.15) is 20.7 Å². The van der Waals surface area contributed by atoms with Gasteiger partial charge >= 0.3 is 11.9 Å². The Hall–Kier alpha value is -4.64. The van der Waals surface area contributed by atoms with Crippen LogP contribution in [-0.4, -0.2) is 56.5 Å². The number of aromatic amines is 2. The third-order valence-electron chi connectivity index (χ3n) is 5.05. The van der Waals surface area contributed by atoms with Crippen molar-refractivity contribution in [2.75, 3.05) is 13.2 Å². The van der Waals surface area contributed by atoms with Crippen LogP contribution < -0.4 is 20.3 Å². The Morgan fingerprint density at radius 2 is 1.18 bits per heavy atom. The van der Waals surface area contributed by atoms with Gasteiger partial charge in [-0.3, -0.25) is 9.59 Å². The summed E-state index contributed by atoms with van der Waals surface area (Å²) in [5.74, 6) is -2.20. The predicted octanol–water partition coefficient (Wildman–Crippen LogP) is 1.58. The van der Waals surface area contributed by atoms with Crippen LogP contribution in [0.5, 0.6) is 11.5 Å². The zero-order valence-electron chi connectivity index (χ0n) is 17.4. The van der Waals surface area contributed by atoms with Gasteiger partial charge in [0.25, 0.3) is 0 Å². The minimum absolute atomic E-state index is 0.130. The van der Waals surface area contributed by atoms with Crippen LogP contribution >= 0.6 is 0 Å². The summed E-state index contributed by atoms with van der Waals surface area (Å²) in [5, 5.41) is 28.6. The number of rotatable bonds is 8. The minimum Gasteiger partial charge on any atom is -0.491 e. The van der Waals surface area contributed by atoms with Crippen LogP contribution in [0, 0.1) is 0 Å². The molecule has 0 saturated heterocycles. The smallest absolute Gasteiger partial charge is 0.341 e. The van der Waals surface area contributed by atoms with E-state index in [9.17, 15) is 24.3 Å². The number of aliphatic hydroxyl groups excluding tert-OH is 1. The number of fused-ring (bicyclic) bond motifs is 2. The molecular formula is C23H18N2O9. The largest absolute Gasteiger partial charge is 0.491 e. The van der Waals surface area contributed by atoms with Gasteiger partial charge in [0.05, 0.1) is 10.8 Å². The molecule has 0 unspecified atom stereocenters. The van der Waals surface area contributed by atoms with Crippen molar-refractivity contribution in [3.8, 4) is 11.5 Å². The van der Waals surface area contributed by atoms with E-state index in [1.807, 2.05) is 0 Å². The maximum absolute atomic E-state index is 12.3. The van der Waals surface area contributed by atoms with E-state index >= 15 is 0 Å². The molecule has 0 saturated carbocycles. The summed E-state index contributed by atoms with van der Waals surface area (Å²) in [6, 6.07) is 8.98. The molecule has 34 heavy (non-hydrogen) atoms. The van der Waals surface area contributed by atoms with Crippen LogP contribution in [-0.2, 0) is 0 Å². The fourth-order valence-electron chi connectivity index (χ4n) is 3.33. The van der Waals surface area contributed by atoms with Crippen molar-refractivity contribution in [1.29, 1.82) is 0 Å². The van der Waals surface area contributed by atoms with E-state index in [2.05, 4.69) is 9.97 Å². The molecular weight excluding hydrogens is 448 g/mol. The number of hydrogen-bond acceptors (Lipinski definition) is 7. The molecule has 0 spiro atoms. The summed E-state index contributed by atoms with van der Waals surface area (Å²) in [5.41, 5.74) is -1.25. The number of benzene rings is 2. The van der Waals surface area contributed by atoms with E-state index in [0.717, 1.165) is 12.4 Å². The molecule has 0 fully saturated rings. The van der Waals surface area contributed by atoms with Crippen molar-refractivity contribution >= 4 is 33.7 Å². The van der Waals surface area contributed by atoms with Gasteiger partial charge in [-0.2, -0.15) is 0 Å². The van der Waals surface area contributed by atoms with Crippen molar-refractivity contribution in [3.63, 3.8) is 0 Å². The lowest BCUT2D eigenvalue weighted by atomic mass is 10.1. The van der Waals surface area contributed by atoms with Gasteiger partial charge in [-0.25, -0.2) is 9.59 Å². The molecule has 0 atom stereocenters. The minimum atomic E-state index is -1.35. The lowest BCUT2D eigenvalue weighted by Crippen LogP contribution is -2.25. The van der Waals surface area contributed by atoms with Crippen LogP contribution in [0.2, 0.25) is 0 Å². The summed E-state index contributed by atoms with van der Waals surface area (Å²) in [7, 11) is 0. The maximum atomic E-state index is 12.3. The van der Waals surface area contributed by atoms with E-state index in [-0.39, 0.29) is 35.5 Å². The average Bonchev–Trinajstić information content (AvgIpc) is 2.81. The SMILES string of the molecule is O=C(O)c1c[nH]c2ccc(OCC(O)COc3ccc4[nH]cc(C(=O)O)c(=O)c4c3)cc2c1=O. The van der Waals surface area contributed by atoms with Crippen LogP contribution in [0.3, 0.4) is 0 Å². The van der Waals surface area contributed by atoms with Crippen LogP contribution in [0.25, 0.3) is 21.8 Å². The Morgan fingerprint density at radius 3 is 1.56 bits per heavy atom. The van der Waals surface area contributed by atoms with Crippen molar-refractivity contribution in [1.82, 2.24) is 9.97 Å². The Labute approximate surface area is 189 Å². The number of carbonyl (C=O) groups is 2. The number of nitrogens with one attached hydrogen (secondary N) is 2. The van der Waals surface area contributed by atoms with E-state index in [0.29, 0.717) is 11.0 Å². The topological polar surface area (TPSA) is 179 Å². The highest BCUT2D eigenvalue weighted by molar-refractivity contribution is 5.93. The van der Waals surface area contributed by atoms with Crippen molar-refractivity contribution in [2.24, 2.45) is 0 Å². The molecule has 2 aromatic heterocycles. The number of carboxylic acid groups (broad SMARTS) is 2. The standard InChI is InChI=1S/C23H18N2O9/c26-11(9-33-12-1-3-18-14(5-12)20(27)16(7-24-18)22(29)30)10-34-13-2-4-19-15(6-13)21(28)17(8-25-19)23(31)32/h1-8,11,26H,9-10H2,(H,24,27)(H,25,28)(H,29,30)(H,31,32). The first-order valence-electron chi connectivity index (χ1n) is 9.95. The second-order valence-corrected chi connectivity index (χ2v) is 7.36. The summed E-state index contributed by atoms with van der Waals surface area (Å²) in [6.45, 7) is -0.390. The van der Waals surface area contributed by atoms with Gasteiger partial charge in [0.2, 0.25) is 10.9 Å². The zero-order chi connectivity index (χ0) is 24.4.